The number of aliphatic carboxylic acids is 2. The minimum Gasteiger partial charge on any atom is -0.481 e. The first-order valence-corrected chi connectivity index (χ1v) is 32.6. The van der Waals surface area contributed by atoms with Crippen LogP contribution in [0.25, 0.3) is 0 Å². The molecule has 99 heavy (non-hydrogen) atoms. The molecule has 1 aliphatic rings. The molecule has 2 rings (SSSR count). The Balaban J connectivity index is 2.46. The highest BCUT2D eigenvalue weighted by atomic mass is 16.4. The fraction of sp³-hybridized carbons (Fsp3) is 0.645. The Kier molecular flexibility index (Phi) is 36.9. The number of benzene rings is 1. The van der Waals surface area contributed by atoms with Crippen molar-refractivity contribution in [3.8, 4) is 0 Å². The summed E-state index contributed by atoms with van der Waals surface area (Å²) in [6, 6.07) is -10.0. The summed E-state index contributed by atoms with van der Waals surface area (Å²) in [4.78, 5) is 198. The van der Waals surface area contributed by atoms with Gasteiger partial charge < -0.3 is 113 Å². The molecule has 13 atom stereocenters. The van der Waals surface area contributed by atoms with Crippen LogP contribution in [0.1, 0.15) is 132 Å². The molecule has 0 aromatic heterocycles. The molecule has 0 saturated carbocycles. The van der Waals surface area contributed by atoms with E-state index in [0.717, 1.165) is 11.8 Å². The van der Waals surface area contributed by atoms with Crippen molar-refractivity contribution < 1.29 is 87.5 Å². The molecular formula is C62H103N19O18. The summed E-state index contributed by atoms with van der Waals surface area (Å²) in [6.07, 6.45) is -3.49. The van der Waals surface area contributed by atoms with E-state index in [1.54, 1.807) is 71.9 Å². The van der Waals surface area contributed by atoms with Gasteiger partial charge in [-0.1, -0.05) is 71.9 Å². The minimum atomic E-state index is -1.89. The molecule has 37 heteroatoms. The highest BCUT2D eigenvalue weighted by Gasteiger charge is 2.42. The molecule has 1 fully saturated rings. The van der Waals surface area contributed by atoms with Crippen LogP contribution < -0.4 is 87.6 Å². The molecule has 0 bridgehead atoms. The second-order valence-electron chi connectivity index (χ2n) is 25.5. The van der Waals surface area contributed by atoms with Crippen molar-refractivity contribution >= 4 is 94.7 Å². The van der Waals surface area contributed by atoms with Crippen molar-refractivity contribution in [2.45, 2.75) is 211 Å². The van der Waals surface area contributed by atoms with Gasteiger partial charge in [0.25, 0.3) is 0 Å². The molecule has 0 spiro atoms. The number of nitrogens with two attached hydrogens (primary N) is 6. The lowest BCUT2D eigenvalue weighted by Crippen LogP contribution is -2.62. The Morgan fingerprint density at radius 1 is 0.515 bits per heavy atom. The summed E-state index contributed by atoms with van der Waals surface area (Å²) >= 11 is 0. The molecule has 554 valence electrons. The predicted molar refractivity (Wildman–Crippen MR) is 358 cm³/mol. The maximum absolute atomic E-state index is 14.5. The standard InChI is InChI=1S/C62H103N19O18/c1-30(2)23-39(52(90)73-38(60(98)99)18-13-21-70-62(67)68)74-53(91)40(24-31(3)4)75-55(93)42(26-35-15-10-9-11-16-35)76-56(94)44(29-82)79-51(89)37(17-12-20-69-61(65)66)72-57(95)45-19-14-22-81(45)59(97)43(28-47(85)86)78-54(92)41(25-32(5)6)77-58(96)48(34(8)83)80-49(87)33(7)71-50(88)36(63)27-46(64)84/h9-11,15-16,30-34,36-45,48,82-83H,12-14,17-29,63H2,1-8H3,(H2,64,84)(H,71,88)(H,72,95)(H,73,90)(H,74,91)(H,75,93)(H,76,94)(H,77,96)(H,78,92)(H,79,89)(H,80,87)(H,85,86)(H,98,99)(H4,65,66,69)(H4,67,68,70)/t33-,34+,36-,37-,38-,39-,40-,41-,42-,43-,44-,45-,48-/m0/s1. The van der Waals surface area contributed by atoms with Crippen molar-refractivity contribution in [1.29, 1.82) is 0 Å². The van der Waals surface area contributed by atoms with Crippen LogP contribution in [0, 0.1) is 17.8 Å². The zero-order valence-corrected chi connectivity index (χ0v) is 57.2. The van der Waals surface area contributed by atoms with Gasteiger partial charge in [-0.25, -0.2) is 4.79 Å². The number of hydrogen-bond acceptors (Lipinski definition) is 19. The van der Waals surface area contributed by atoms with Crippen molar-refractivity contribution in [1.82, 2.24) is 58.1 Å². The second kappa shape index (κ2) is 42.8. The zero-order valence-electron chi connectivity index (χ0n) is 57.2. The molecule has 1 aliphatic heterocycles. The number of aliphatic imine (C=N–C) groups is 2. The van der Waals surface area contributed by atoms with E-state index in [1.807, 2.05) is 0 Å². The molecule has 1 saturated heterocycles. The quantitative estimate of drug-likeness (QED) is 0.0164. The van der Waals surface area contributed by atoms with Gasteiger partial charge in [-0.15, -0.1) is 0 Å². The number of carboxylic acids is 2. The van der Waals surface area contributed by atoms with E-state index in [4.69, 9.17) is 34.4 Å². The lowest BCUT2D eigenvalue weighted by atomic mass is 9.99. The SMILES string of the molecule is CC(C)C[C@H](NC(=O)[C@H](CC(C)C)NC(=O)[C@H](Cc1ccccc1)NC(=O)[C@H](CO)NC(=O)[C@H](CCCN=C(N)N)NC(=O)[C@@H]1CCCN1C(=O)[C@H](CC(=O)O)NC(=O)[C@H](CC(C)C)NC(=O)[C@@H](NC(=O)[C@H](C)NC(=O)[C@@H](N)CC(N)=O)[C@@H](C)O)C(=O)N[C@@H](CCCN=C(N)N)C(=O)O. The molecule has 0 radical (unpaired) electrons. The summed E-state index contributed by atoms with van der Waals surface area (Å²) in [5.74, 6) is -16.0. The fourth-order valence-corrected chi connectivity index (χ4v) is 10.3. The number of rotatable bonds is 44. The average Bonchev–Trinajstić information content (AvgIpc) is 1.77. The van der Waals surface area contributed by atoms with Gasteiger partial charge in [0.05, 0.1) is 31.6 Å². The fourth-order valence-electron chi connectivity index (χ4n) is 10.3. The van der Waals surface area contributed by atoms with Gasteiger partial charge in [0.15, 0.2) is 11.9 Å². The first kappa shape index (κ1) is 85.3. The van der Waals surface area contributed by atoms with Gasteiger partial charge >= 0.3 is 11.9 Å². The smallest absolute Gasteiger partial charge is 0.326 e. The van der Waals surface area contributed by atoms with E-state index < -0.39 is 181 Å². The minimum absolute atomic E-state index is 0.00476. The van der Waals surface area contributed by atoms with Crippen LogP contribution in [0.5, 0.6) is 0 Å². The van der Waals surface area contributed by atoms with Crippen LogP contribution in [0.3, 0.4) is 0 Å². The Bertz CT molecular complexity index is 3000. The van der Waals surface area contributed by atoms with E-state index in [1.165, 1.54) is 6.92 Å². The number of carboxylic acid groups (broad SMARTS) is 2. The highest BCUT2D eigenvalue weighted by Crippen LogP contribution is 2.21. The van der Waals surface area contributed by atoms with Crippen LogP contribution in [-0.2, 0) is 73.5 Å². The topological polar surface area (TPSA) is 624 Å². The van der Waals surface area contributed by atoms with E-state index >= 15 is 0 Å². The van der Waals surface area contributed by atoms with Gasteiger partial charge in [0.1, 0.15) is 66.5 Å². The maximum atomic E-state index is 14.5. The number of guanidine groups is 2. The predicted octanol–water partition coefficient (Wildman–Crippen LogP) is -6.53. The van der Waals surface area contributed by atoms with Crippen LogP contribution in [0.4, 0.5) is 0 Å². The number of likely N-dealkylation sites (tertiary alicyclic amines) is 1. The van der Waals surface area contributed by atoms with E-state index in [0.29, 0.717) is 5.56 Å². The molecule has 26 N–H and O–H groups in total. The number of nitrogens with zero attached hydrogens (tertiary/aromatic N) is 3. The van der Waals surface area contributed by atoms with Crippen molar-refractivity contribution in [3.05, 3.63) is 35.9 Å². The van der Waals surface area contributed by atoms with Gasteiger partial charge in [0.2, 0.25) is 70.9 Å². The summed E-state index contributed by atoms with van der Waals surface area (Å²) in [5.41, 5.74) is 33.1. The Morgan fingerprint density at radius 3 is 1.40 bits per heavy atom. The van der Waals surface area contributed by atoms with E-state index in [2.05, 4.69) is 63.2 Å². The van der Waals surface area contributed by atoms with E-state index in [9.17, 15) is 87.5 Å². The van der Waals surface area contributed by atoms with Gasteiger partial charge in [-0.2, -0.15) is 0 Å². The van der Waals surface area contributed by atoms with Gasteiger partial charge in [-0.3, -0.25) is 72.3 Å². The van der Waals surface area contributed by atoms with Crippen molar-refractivity contribution in [2.24, 2.45) is 62.1 Å². The summed E-state index contributed by atoms with van der Waals surface area (Å²) in [6.45, 7) is 11.5. The number of aliphatic hydroxyl groups excluding tert-OH is 2. The number of aliphatic hydroxyl groups is 2. The van der Waals surface area contributed by atoms with Crippen LogP contribution in [0.2, 0.25) is 0 Å². The molecular weight excluding hydrogens is 1300 g/mol. The molecule has 12 amide bonds. The molecule has 37 nitrogen and oxygen atoms in total. The summed E-state index contributed by atoms with van der Waals surface area (Å²) in [7, 11) is 0. The van der Waals surface area contributed by atoms with Crippen molar-refractivity contribution in [2.75, 3.05) is 26.2 Å². The molecule has 1 aromatic carbocycles. The lowest BCUT2D eigenvalue weighted by Gasteiger charge is -2.31. The first-order valence-electron chi connectivity index (χ1n) is 32.6. The molecule has 1 aromatic rings. The van der Waals surface area contributed by atoms with Crippen molar-refractivity contribution in [3.63, 3.8) is 0 Å². The number of nitrogens with one attached hydrogen (secondary N) is 10. The van der Waals surface area contributed by atoms with Gasteiger partial charge in [0, 0.05) is 26.1 Å². The largest absolute Gasteiger partial charge is 0.481 e. The molecule has 1 heterocycles. The number of amides is 12. The Morgan fingerprint density at radius 2 is 0.949 bits per heavy atom. The lowest BCUT2D eigenvalue weighted by molar-refractivity contribution is -0.146. The average molecular weight is 1400 g/mol. The maximum Gasteiger partial charge on any atom is 0.326 e. The number of carbonyl (C=O) groups excluding carboxylic acids is 12. The van der Waals surface area contributed by atoms with E-state index in [-0.39, 0.29) is 114 Å². The number of hydrogen-bond donors (Lipinski definition) is 20. The number of carbonyl (C=O) groups is 14. The zero-order chi connectivity index (χ0) is 75.0. The monoisotopic (exact) mass is 1400 g/mol. The highest BCUT2D eigenvalue weighted by molar-refractivity contribution is 6.00. The number of primary amides is 1. The van der Waals surface area contributed by atoms with Gasteiger partial charge in [-0.05, 0) is 95.0 Å². The first-order chi connectivity index (χ1) is 46.3. The third-order valence-corrected chi connectivity index (χ3v) is 15.3. The summed E-state index contributed by atoms with van der Waals surface area (Å²) < 4.78 is 0. The summed E-state index contributed by atoms with van der Waals surface area (Å²) in [5, 5.41) is 65.8. The van der Waals surface area contributed by atoms with Crippen LogP contribution in [0.15, 0.2) is 40.3 Å². The third kappa shape index (κ3) is 31.5. The third-order valence-electron chi connectivity index (χ3n) is 15.3. The second-order valence-corrected chi connectivity index (χ2v) is 25.5. The van der Waals surface area contributed by atoms with Crippen LogP contribution in [-0.4, -0.2) is 225 Å². The Labute approximate surface area is 573 Å². The van der Waals surface area contributed by atoms with Crippen LogP contribution >= 0.6 is 0 Å². The molecule has 0 unspecified atom stereocenters. The Hall–Kier alpha value is -9.78. The normalized spacial score (nSPS) is 16.3. The molecule has 0 aliphatic carbocycles.